The fraction of sp³-hybridized carbons (Fsp3) is 0.542. The summed E-state index contributed by atoms with van der Waals surface area (Å²) >= 11 is 1.81. The van der Waals surface area contributed by atoms with Gasteiger partial charge in [0.1, 0.15) is 24.1 Å². The maximum Gasteiger partial charge on any atom is 0.221 e. The number of rotatable bonds is 5. The highest BCUT2D eigenvalue weighted by molar-refractivity contribution is 7.16. The zero-order valence-electron chi connectivity index (χ0n) is 17.8. The molecule has 2 aromatic rings. The Balaban J connectivity index is 1.82. The molecule has 2 N–H and O–H groups in total. The average Bonchev–Trinajstić information content (AvgIpc) is 3.07. The Hall–Kier alpha value is -1.69. The number of morpholine rings is 1. The smallest absolute Gasteiger partial charge is 0.221 e. The van der Waals surface area contributed by atoms with Crippen LogP contribution in [0.4, 0.5) is 5.00 Å². The summed E-state index contributed by atoms with van der Waals surface area (Å²) in [5.41, 5.74) is 5.60. The van der Waals surface area contributed by atoms with Crippen LogP contribution in [-0.2, 0) is 22.4 Å². The van der Waals surface area contributed by atoms with Gasteiger partial charge in [0, 0.05) is 17.4 Å². The molecule has 4 nitrogen and oxygen atoms in total. The maximum atomic E-state index is 12.0. The van der Waals surface area contributed by atoms with E-state index >= 15 is 0 Å². The average molecular weight is 414 g/mol. The summed E-state index contributed by atoms with van der Waals surface area (Å²) in [5, 5.41) is 4.26. The highest BCUT2D eigenvalue weighted by Gasteiger charge is 2.35. The molecule has 1 saturated heterocycles. The van der Waals surface area contributed by atoms with E-state index in [0.717, 1.165) is 44.1 Å². The van der Waals surface area contributed by atoms with Crippen LogP contribution in [0.3, 0.4) is 0 Å². The third-order valence-electron chi connectivity index (χ3n) is 6.27. The molecule has 1 aliphatic carbocycles. The first kappa shape index (κ1) is 20.6. The van der Waals surface area contributed by atoms with Crippen molar-refractivity contribution in [3.8, 4) is 0 Å². The minimum atomic E-state index is 0.0238. The van der Waals surface area contributed by atoms with E-state index in [1.807, 2.05) is 11.3 Å². The zero-order valence-corrected chi connectivity index (χ0v) is 18.7. The maximum absolute atomic E-state index is 12.0. The second-order valence-electron chi connectivity index (χ2n) is 8.66. The first-order chi connectivity index (χ1) is 14.0. The molecule has 0 radical (unpaired) electrons. The van der Waals surface area contributed by atoms with Gasteiger partial charge in [0.25, 0.3) is 0 Å². The summed E-state index contributed by atoms with van der Waals surface area (Å²) < 4.78 is 5.67. The molecule has 1 fully saturated rings. The lowest BCUT2D eigenvalue weighted by molar-refractivity contribution is -0.933. The standard InChI is InChI=1S/C24H32N2O2S/c1-16(2)18-8-10-19(11-9-18)23(26-12-14-28-15-13-26)22-20-6-4-5-7-21(20)29-24(22)25-17(3)27/h8-11,16,23H,4-7,12-15H2,1-3H3,(H,25,27)/p+1/t23-/m0/s1. The summed E-state index contributed by atoms with van der Waals surface area (Å²) in [6.07, 6.45) is 4.77. The zero-order chi connectivity index (χ0) is 20.4. The van der Waals surface area contributed by atoms with Gasteiger partial charge in [-0.1, -0.05) is 38.1 Å². The van der Waals surface area contributed by atoms with Crippen LogP contribution < -0.4 is 10.2 Å². The van der Waals surface area contributed by atoms with Crippen LogP contribution in [0.2, 0.25) is 0 Å². The van der Waals surface area contributed by atoms with Gasteiger partial charge in [-0.3, -0.25) is 4.79 Å². The highest BCUT2D eigenvalue weighted by atomic mass is 32.1. The van der Waals surface area contributed by atoms with Gasteiger partial charge in [-0.25, -0.2) is 0 Å². The fourth-order valence-corrected chi connectivity index (χ4v) is 6.12. The van der Waals surface area contributed by atoms with Gasteiger partial charge in [-0.2, -0.15) is 0 Å². The Labute approximate surface area is 178 Å². The van der Waals surface area contributed by atoms with Crippen molar-refractivity contribution in [2.75, 3.05) is 31.6 Å². The molecule has 0 unspecified atom stereocenters. The van der Waals surface area contributed by atoms with Gasteiger partial charge in [0.15, 0.2) is 0 Å². The summed E-state index contributed by atoms with van der Waals surface area (Å²) in [6, 6.07) is 9.44. The number of thiophene rings is 1. The van der Waals surface area contributed by atoms with Crippen LogP contribution >= 0.6 is 11.3 Å². The second kappa shape index (κ2) is 8.99. The van der Waals surface area contributed by atoms with Crippen molar-refractivity contribution in [2.45, 2.75) is 58.4 Å². The molecular weight excluding hydrogens is 380 g/mol. The molecule has 0 bridgehead atoms. The summed E-state index contributed by atoms with van der Waals surface area (Å²) in [4.78, 5) is 15.0. The van der Waals surface area contributed by atoms with Crippen molar-refractivity contribution in [1.82, 2.24) is 0 Å². The van der Waals surface area contributed by atoms with Crippen LogP contribution in [0.1, 0.15) is 72.7 Å². The van der Waals surface area contributed by atoms with Crippen molar-refractivity contribution in [1.29, 1.82) is 0 Å². The molecule has 2 heterocycles. The van der Waals surface area contributed by atoms with Crippen LogP contribution in [0.5, 0.6) is 0 Å². The number of ether oxygens (including phenoxy) is 1. The van der Waals surface area contributed by atoms with Crippen LogP contribution in [0.15, 0.2) is 24.3 Å². The molecule has 1 aliphatic heterocycles. The number of anilines is 1. The van der Waals surface area contributed by atoms with E-state index in [1.165, 1.54) is 40.0 Å². The van der Waals surface area contributed by atoms with Gasteiger partial charge in [0.2, 0.25) is 5.91 Å². The van der Waals surface area contributed by atoms with Crippen LogP contribution in [0, 0.1) is 0 Å². The van der Waals surface area contributed by atoms with Crippen molar-refractivity contribution < 1.29 is 14.4 Å². The minimum Gasteiger partial charge on any atom is -0.370 e. The molecular formula is C24H33N2O2S+. The molecule has 0 spiro atoms. The normalized spacial score (nSPS) is 18.5. The summed E-state index contributed by atoms with van der Waals surface area (Å²) in [7, 11) is 0. The first-order valence-electron chi connectivity index (χ1n) is 11.0. The number of hydrogen-bond donors (Lipinski definition) is 2. The quantitative estimate of drug-likeness (QED) is 0.785. The van der Waals surface area contributed by atoms with Crippen LogP contribution in [0.25, 0.3) is 0 Å². The third kappa shape index (κ3) is 4.42. The van der Waals surface area contributed by atoms with Gasteiger partial charge in [-0.05, 0) is 42.7 Å². The van der Waals surface area contributed by atoms with Crippen molar-refractivity contribution >= 4 is 22.2 Å². The third-order valence-corrected chi connectivity index (χ3v) is 7.49. The van der Waals surface area contributed by atoms with Crippen molar-refractivity contribution in [3.63, 3.8) is 0 Å². The Kier molecular flexibility index (Phi) is 6.38. The number of nitrogens with one attached hydrogen (secondary N) is 2. The molecule has 1 amide bonds. The Morgan fingerprint density at radius 1 is 1.07 bits per heavy atom. The number of quaternary nitrogens is 1. The SMILES string of the molecule is CC(=O)Nc1sc2c(c1[C@H](c1ccc(C(C)C)cc1)[NH+]1CCOCC1)CCCC2. The van der Waals surface area contributed by atoms with E-state index in [2.05, 4.69) is 43.4 Å². The van der Waals surface area contributed by atoms with Gasteiger partial charge in [-0.15, -0.1) is 11.3 Å². The Morgan fingerprint density at radius 2 is 1.72 bits per heavy atom. The molecule has 2 aliphatic rings. The molecule has 156 valence electrons. The van der Waals surface area contributed by atoms with Crippen LogP contribution in [-0.4, -0.2) is 32.2 Å². The molecule has 4 rings (SSSR count). The predicted molar refractivity (Wildman–Crippen MR) is 119 cm³/mol. The highest BCUT2D eigenvalue weighted by Crippen LogP contribution is 2.42. The largest absolute Gasteiger partial charge is 0.370 e. The summed E-state index contributed by atoms with van der Waals surface area (Å²) in [5.74, 6) is 0.554. The Morgan fingerprint density at radius 3 is 2.38 bits per heavy atom. The Bertz CT molecular complexity index is 851. The van der Waals surface area contributed by atoms with E-state index < -0.39 is 0 Å². The second-order valence-corrected chi connectivity index (χ2v) is 9.77. The number of carbonyl (C=O) groups excluding carboxylic acids is 1. The molecule has 0 saturated carbocycles. The molecule has 29 heavy (non-hydrogen) atoms. The van der Waals surface area contributed by atoms with E-state index in [4.69, 9.17) is 4.74 Å². The number of aryl methyl sites for hydroxylation is 1. The van der Waals surface area contributed by atoms with E-state index in [9.17, 15) is 4.79 Å². The van der Waals surface area contributed by atoms with Gasteiger partial charge < -0.3 is 15.0 Å². The number of benzene rings is 1. The number of hydrogen-bond acceptors (Lipinski definition) is 3. The molecule has 5 heteroatoms. The van der Waals surface area contributed by atoms with Gasteiger partial charge in [0.05, 0.1) is 18.8 Å². The monoisotopic (exact) mass is 413 g/mol. The van der Waals surface area contributed by atoms with Gasteiger partial charge >= 0.3 is 0 Å². The predicted octanol–water partition coefficient (Wildman–Crippen LogP) is 3.71. The lowest BCUT2D eigenvalue weighted by Gasteiger charge is -2.33. The van der Waals surface area contributed by atoms with Crippen molar-refractivity contribution in [3.05, 3.63) is 51.4 Å². The fourth-order valence-electron chi connectivity index (χ4n) is 4.75. The van der Waals surface area contributed by atoms with Crippen molar-refractivity contribution in [2.24, 2.45) is 0 Å². The minimum absolute atomic E-state index is 0.0238. The number of fused-ring (bicyclic) bond motifs is 1. The number of amides is 1. The molecule has 1 atom stereocenters. The van der Waals surface area contributed by atoms with E-state index in [0.29, 0.717) is 5.92 Å². The first-order valence-corrected chi connectivity index (χ1v) is 11.8. The van der Waals surface area contributed by atoms with E-state index in [1.54, 1.807) is 11.8 Å². The number of carbonyl (C=O) groups is 1. The molecule has 1 aromatic heterocycles. The summed E-state index contributed by atoms with van der Waals surface area (Å²) in [6.45, 7) is 9.71. The molecule has 1 aromatic carbocycles. The van der Waals surface area contributed by atoms with E-state index in [-0.39, 0.29) is 11.9 Å². The topological polar surface area (TPSA) is 42.8 Å². The lowest BCUT2D eigenvalue weighted by atomic mass is 9.88. The lowest BCUT2D eigenvalue weighted by Crippen LogP contribution is -3.14.